The third-order valence-electron chi connectivity index (χ3n) is 3.02. The maximum atomic E-state index is 11.4. The molecule has 1 fully saturated rings. The van der Waals surface area contributed by atoms with E-state index in [1.807, 2.05) is 4.90 Å². The Kier molecular flexibility index (Phi) is 5.97. The normalized spacial score (nSPS) is 20.9. The smallest absolute Gasteiger partial charge is 0.320 e. The topological polar surface area (TPSA) is 55.8 Å². The highest BCUT2D eigenvalue weighted by Gasteiger charge is 2.26. The maximum absolute atomic E-state index is 11.4. The van der Waals surface area contributed by atoms with Crippen LogP contribution in [0.3, 0.4) is 0 Å². The summed E-state index contributed by atoms with van der Waals surface area (Å²) in [7, 11) is 1.39. The molecule has 1 rings (SSSR count). The zero-order valence-corrected chi connectivity index (χ0v) is 10.6. The van der Waals surface area contributed by atoms with Crippen LogP contribution in [0.2, 0.25) is 0 Å². The zero-order valence-electron chi connectivity index (χ0n) is 10.6. The van der Waals surface area contributed by atoms with Gasteiger partial charge in [0, 0.05) is 6.04 Å². The summed E-state index contributed by atoms with van der Waals surface area (Å²) in [6.45, 7) is 3.31. The first kappa shape index (κ1) is 14.0. The first-order valence-electron chi connectivity index (χ1n) is 6.13. The second-order valence-corrected chi connectivity index (χ2v) is 4.21. The molecule has 0 aromatic heterocycles. The van der Waals surface area contributed by atoms with Gasteiger partial charge in [-0.1, -0.05) is 6.42 Å². The molecule has 0 bridgehead atoms. The van der Waals surface area contributed by atoms with Crippen LogP contribution < -0.4 is 0 Å². The fraction of sp³-hybridized carbons (Fsp3) is 0.833. The number of hydrogen-bond acceptors (Lipinski definition) is 5. The van der Waals surface area contributed by atoms with Gasteiger partial charge >= 0.3 is 11.9 Å². The van der Waals surface area contributed by atoms with Gasteiger partial charge in [0.15, 0.2) is 0 Å². The molecule has 0 aliphatic carbocycles. The van der Waals surface area contributed by atoms with E-state index in [4.69, 9.17) is 4.74 Å². The van der Waals surface area contributed by atoms with Crippen LogP contribution in [-0.2, 0) is 19.1 Å². The van der Waals surface area contributed by atoms with E-state index >= 15 is 0 Å². The minimum Gasteiger partial charge on any atom is -0.469 e. The number of hydrogen-bond donors (Lipinski definition) is 0. The van der Waals surface area contributed by atoms with Gasteiger partial charge in [-0.3, -0.25) is 14.5 Å². The van der Waals surface area contributed by atoms with Crippen LogP contribution in [0, 0.1) is 0 Å². The Balaban J connectivity index is 2.47. The molecule has 1 atom stereocenters. The number of ether oxygens (including phenoxy) is 2. The van der Waals surface area contributed by atoms with Gasteiger partial charge < -0.3 is 9.47 Å². The van der Waals surface area contributed by atoms with Gasteiger partial charge in [0.05, 0.1) is 26.7 Å². The summed E-state index contributed by atoms with van der Waals surface area (Å²) in [6.07, 6.45) is 3.46. The molecular formula is C12H21NO4. The van der Waals surface area contributed by atoms with Crippen LogP contribution in [0.5, 0.6) is 0 Å². The molecule has 0 saturated carbocycles. The number of piperidine rings is 1. The molecule has 1 saturated heterocycles. The lowest BCUT2D eigenvalue weighted by Crippen LogP contribution is -2.44. The number of rotatable bonds is 5. The first-order chi connectivity index (χ1) is 8.17. The molecule has 1 aliphatic rings. The summed E-state index contributed by atoms with van der Waals surface area (Å²) in [5.41, 5.74) is 0. The minimum atomic E-state index is -0.218. The molecule has 5 heteroatoms. The van der Waals surface area contributed by atoms with Crippen molar-refractivity contribution in [1.29, 1.82) is 0 Å². The Bertz CT molecular complexity index is 267. The molecule has 1 heterocycles. The van der Waals surface area contributed by atoms with Gasteiger partial charge in [-0.2, -0.15) is 0 Å². The molecule has 0 aromatic carbocycles. The van der Waals surface area contributed by atoms with Crippen LogP contribution in [0.1, 0.15) is 32.6 Å². The Labute approximate surface area is 102 Å². The van der Waals surface area contributed by atoms with Crippen LogP contribution in [0.4, 0.5) is 0 Å². The van der Waals surface area contributed by atoms with E-state index in [0.29, 0.717) is 13.0 Å². The summed E-state index contributed by atoms with van der Waals surface area (Å²) in [6, 6.07) is 0.112. The second-order valence-electron chi connectivity index (χ2n) is 4.21. The Morgan fingerprint density at radius 3 is 2.71 bits per heavy atom. The standard InChI is InChI=1S/C12H21NO4/c1-3-17-12(15)9-13-7-5-4-6-10(13)8-11(14)16-2/h10H,3-9H2,1-2H3. The number of carbonyl (C=O) groups is 2. The SMILES string of the molecule is CCOC(=O)CN1CCCCC1CC(=O)OC. The minimum absolute atomic E-state index is 0.112. The van der Waals surface area contributed by atoms with E-state index < -0.39 is 0 Å². The third kappa shape index (κ3) is 4.73. The molecule has 1 aliphatic heterocycles. The Morgan fingerprint density at radius 2 is 2.06 bits per heavy atom. The summed E-state index contributed by atoms with van der Waals surface area (Å²) in [4.78, 5) is 24.7. The quantitative estimate of drug-likeness (QED) is 0.673. The van der Waals surface area contributed by atoms with Gasteiger partial charge in [0.1, 0.15) is 0 Å². The molecule has 0 spiro atoms. The predicted octanol–water partition coefficient (Wildman–Crippen LogP) is 0.967. The summed E-state index contributed by atoms with van der Waals surface area (Å²) in [5.74, 6) is -0.435. The van der Waals surface area contributed by atoms with Gasteiger partial charge in [-0.05, 0) is 26.3 Å². The van der Waals surface area contributed by atoms with Crippen molar-refractivity contribution in [2.45, 2.75) is 38.6 Å². The second kappa shape index (κ2) is 7.27. The summed E-state index contributed by atoms with van der Waals surface area (Å²) in [5, 5.41) is 0. The summed E-state index contributed by atoms with van der Waals surface area (Å²) >= 11 is 0. The van der Waals surface area contributed by atoms with Gasteiger partial charge in [0.25, 0.3) is 0 Å². The van der Waals surface area contributed by atoms with E-state index in [1.165, 1.54) is 7.11 Å². The average molecular weight is 243 g/mol. The van der Waals surface area contributed by atoms with Gasteiger partial charge in [0.2, 0.25) is 0 Å². The van der Waals surface area contributed by atoms with E-state index in [2.05, 4.69) is 4.74 Å². The maximum Gasteiger partial charge on any atom is 0.320 e. The lowest BCUT2D eigenvalue weighted by molar-refractivity contribution is -0.148. The lowest BCUT2D eigenvalue weighted by atomic mass is 9.99. The van der Waals surface area contributed by atoms with Crippen molar-refractivity contribution in [2.75, 3.05) is 26.8 Å². The number of likely N-dealkylation sites (tertiary alicyclic amines) is 1. The monoisotopic (exact) mass is 243 g/mol. The fourth-order valence-corrected chi connectivity index (χ4v) is 2.15. The molecule has 0 aromatic rings. The highest BCUT2D eigenvalue weighted by atomic mass is 16.5. The van der Waals surface area contributed by atoms with Crippen molar-refractivity contribution in [3.05, 3.63) is 0 Å². The van der Waals surface area contributed by atoms with E-state index in [1.54, 1.807) is 6.92 Å². The molecule has 5 nitrogen and oxygen atoms in total. The zero-order chi connectivity index (χ0) is 12.7. The lowest BCUT2D eigenvalue weighted by Gasteiger charge is -2.34. The molecule has 1 unspecified atom stereocenters. The van der Waals surface area contributed by atoms with Crippen molar-refractivity contribution < 1.29 is 19.1 Å². The highest BCUT2D eigenvalue weighted by molar-refractivity contribution is 5.72. The van der Waals surface area contributed by atoms with Crippen molar-refractivity contribution in [1.82, 2.24) is 4.90 Å². The highest BCUT2D eigenvalue weighted by Crippen LogP contribution is 2.19. The Morgan fingerprint density at radius 1 is 1.29 bits per heavy atom. The van der Waals surface area contributed by atoms with E-state index in [-0.39, 0.29) is 24.5 Å². The number of carbonyl (C=O) groups excluding carboxylic acids is 2. The van der Waals surface area contributed by atoms with Crippen molar-refractivity contribution >= 4 is 11.9 Å². The van der Waals surface area contributed by atoms with Crippen LogP contribution in [-0.4, -0.2) is 49.7 Å². The van der Waals surface area contributed by atoms with Crippen molar-refractivity contribution in [3.63, 3.8) is 0 Å². The van der Waals surface area contributed by atoms with Crippen molar-refractivity contribution in [2.24, 2.45) is 0 Å². The fourth-order valence-electron chi connectivity index (χ4n) is 2.15. The number of methoxy groups -OCH3 is 1. The van der Waals surface area contributed by atoms with Crippen LogP contribution in [0.15, 0.2) is 0 Å². The summed E-state index contributed by atoms with van der Waals surface area (Å²) < 4.78 is 9.60. The number of nitrogens with zero attached hydrogens (tertiary/aromatic N) is 1. The molecule has 0 radical (unpaired) electrons. The van der Waals surface area contributed by atoms with E-state index in [0.717, 1.165) is 25.8 Å². The van der Waals surface area contributed by atoms with Gasteiger partial charge in [-0.15, -0.1) is 0 Å². The molecule has 98 valence electrons. The average Bonchev–Trinajstić information content (AvgIpc) is 2.31. The van der Waals surface area contributed by atoms with Crippen LogP contribution >= 0.6 is 0 Å². The molecule has 17 heavy (non-hydrogen) atoms. The first-order valence-corrected chi connectivity index (χ1v) is 6.13. The largest absolute Gasteiger partial charge is 0.469 e. The van der Waals surface area contributed by atoms with E-state index in [9.17, 15) is 9.59 Å². The predicted molar refractivity (Wildman–Crippen MR) is 62.5 cm³/mol. The van der Waals surface area contributed by atoms with Gasteiger partial charge in [-0.25, -0.2) is 0 Å². The molecule has 0 amide bonds. The third-order valence-corrected chi connectivity index (χ3v) is 3.02. The van der Waals surface area contributed by atoms with Crippen molar-refractivity contribution in [3.8, 4) is 0 Å². The number of esters is 2. The molecule has 0 N–H and O–H groups in total. The van der Waals surface area contributed by atoms with Crippen LogP contribution in [0.25, 0.3) is 0 Å². The molecular weight excluding hydrogens is 222 g/mol. The Hall–Kier alpha value is -1.10.